The Morgan fingerprint density at radius 2 is 2.38 bits per heavy atom. The van der Waals surface area contributed by atoms with Crippen LogP contribution in [-0.2, 0) is 13.6 Å². The molecular formula is C11H22N4O. The van der Waals surface area contributed by atoms with Crippen LogP contribution in [-0.4, -0.2) is 52.3 Å². The van der Waals surface area contributed by atoms with Crippen LogP contribution in [0.2, 0.25) is 0 Å². The first kappa shape index (κ1) is 13.2. The van der Waals surface area contributed by atoms with E-state index in [4.69, 9.17) is 0 Å². The zero-order chi connectivity index (χ0) is 12.0. The zero-order valence-corrected chi connectivity index (χ0v) is 10.3. The van der Waals surface area contributed by atoms with Crippen molar-refractivity contribution in [2.45, 2.75) is 19.6 Å². The van der Waals surface area contributed by atoms with E-state index in [1.165, 1.54) is 0 Å². The Balaban J connectivity index is 2.30. The molecular weight excluding hydrogens is 204 g/mol. The number of aliphatic hydroxyl groups is 1. The summed E-state index contributed by atoms with van der Waals surface area (Å²) in [6.07, 6.45) is 3.39. The zero-order valence-electron chi connectivity index (χ0n) is 10.3. The van der Waals surface area contributed by atoms with Gasteiger partial charge in [0.25, 0.3) is 0 Å². The monoisotopic (exact) mass is 226 g/mol. The van der Waals surface area contributed by atoms with Crippen LogP contribution in [0.4, 0.5) is 0 Å². The van der Waals surface area contributed by atoms with Gasteiger partial charge in [0.05, 0.1) is 12.6 Å². The summed E-state index contributed by atoms with van der Waals surface area (Å²) < 4.78 is 1.99. The molecule has 1 heterocycles. The highest BCUT2D eigenvalue weighted by Crippen LogP contribution is 1.99. The molecule has 0 aromatic carbocycles. The van der Waals surface area contributed by atoms with Crippen LogP contribution in [0.25, 0.3) is 0 Å². The van der Waals surface area contributed by atoms with Crippen molar-refractivity contribution < 1.29 is 5.11 Å². The SMILES string of the molecule is CCNCC(O)CN(C)Cc1nccn1C. The molecule has 0 saturated heterocycles. The third-order valence-electron chi connectivity index (χ3n) is 2.48. The molecule has 1 atom stereocenters. The minimum Gasteiger partial charge on any atom is -0.390 e. The van der Waals surface area contributed by atoms with Gasteiger partial charge in [0.2, 0.25) is 0 Å². The van der Waals surface area contributed by atoms with Crippen molar-refractivity contribution in [3.8, 4) is 0 Å². The Kier molecular flexibility index (Phi) is 5.45. The van der Waals surface area contributed by atoms with E-state index < -0.39 is 0 Å². The lowest BCUT2D eigenvalue weighted by atomic mass is 10.3. The lowest BCUT2D eigenvalue weighted by molar-refractivity contribution is 0.120. The van der Waals surface area contributed by atoms with Crippen LogP contribution in [0.1, 0.15) is 12.7 Å². The largest absolute Gasteiger partial charge is 0.390 e. The molecule has 0 radical (unpaired) electrons. The number of hydrogen-bond donors (Lipinski definition) is 2. The minimum atomic E-state index is -0.329. The Hall–Kier alpha value is -0.910. The third-order valence-corrected chi connectivity index (χ3v) is 2.48. The average Bonchev–Trinajstić information content (AvgIpc) is 2.61. The Morgan fingerprint density at radius 3 is 2.94 bits per heavy atom. The molecule has 1 rings (SSSR count). The molecule has 0 saturated carbocycles. The average molecular weight is 226 g/mol. The van der Waals surface area contributed by atoms with Crippen molar-refractivity contribution in [3.63, 3.8) is 0 Å². The summed E-state index contributed by atoms with van der Waals surface area (Å²) in [4.78, 5) is 6.32. The molecule has 5 nitrogen and oxygen atoms in total. The summed E-state index contributed by atoms with van der Waals surface area (Å²) in [7, 11) is 3.97. The highest BCUT2D eigenvalue weighted by molar-refractivity contribution is 4.90. The van der Waals surface area contributed by atoms with Crippen molar-refractivity contribution in [2.75, 3.05) is 26.7 Å². The first-order valence-corrected chi connectivity index (χ1v) is 5.67. The minimum absolute atomic E-state index is 0.329. The van der Waals surface area contributed by atoms with E-state index in [-0.39, 0.29) is 6.10 Å². The molecule has 1 aromatic rings. The van der Waals surface area contributed by atoms with Gasteiger partial charge in [-0.05, 0) is 13.6 Å². The molecule has 0 amide bonds. The second-order valence-corrected chi connectivity index (χ2v) is 4.11. The van der Waals surface area contributed by atoms with Gasteiger partial charge < -0.3 is 15.0 Å². The quantitative estimate of drug-likeness (QED) is 0.677. The van der Waals surface area contributed by atoms with Gasteiger partial charge in [-0.2, -0.15) is 0 Å². The van der Waals surface area contributed by atoms with Gasteiger partial charge in [-0.3, -0.25) is 4.90 Å². The molecule has 1 unspecified atom stereocenters. The van der Waals surface area contributed by atoms with E-state index in [0.29, 0.717) is 13.1 Å². The Morgan fingerprint density at radius 1 is 1.62 bits per heavy atom. The van der Waals surface area contributed by atoms with E-state index in [2.05, 4.69) is 15.2 Å². The topological polar surface area (TPSA) is 53.3 Å². The summed E-state index contributed by atoms with van der Waals surface area (Å²) >= 11 is 0. The van der Waals surface area contributed by atoms with Crippen molar-refractivity contribution in [3.05, 3.63) is 18.2 Å². The van der Waals surface area contributed by atoms with Crippen LogP contribution < -0.4 is 5.32 Å². The third kappa shape index (κ3) is 4.30. The number of imidazole rings is 1. The van der Waals surface area contributed by atoms with Crippen molar-refractivity contribution in [1.29, 1.82) is 0 Å². The maximum Gasteiger partial charge on any atom is 0.122 e. The van der Waals surface area contributed by atoms with Crippen molar-refractivity contribution in [2.24, 2.45) is 7.05 Å². The molecule has 0 aliphatic rings. The molecule has 0 bridgehead atoms. The maximum absolute atomic E-state index is 9.72. The van der Waals surface area contributed by atoms with Gasteiger partial charge in [-0.15, -0.1) is 0 Å². The van der Waals surface area contributed by atoms with Crippen LogP contribution in [0.5, 0.6) is 0 Å². The van der Waals surface area contributed by atoms with Gasteiger partial charge >= 0.3 is 0 Å². The lowest BCUT2D eigenvalue weighted by Crippen LogP contribution is -2.36. The Labute approximate surface area is 97.1 Å². The number of nitrogens with one attached hydrogen (secondary N) is 1. The standard InChI is InChI=1S/C11H22N4O/c1-4-12-7-10(16)8-14(2)9-11-13-5-6-15(11)3/h5-6,10,12,16H,4,7-9H2,1-3H3. The number of aliphatic hydroxyl groups excluding tert-OH is 1. The smallest absolute Gasteiger partial charge is 0.122 e. The van der Waals surface area contributed by atoms with Crippen LogP contribution in [0.3, 0.4) is 0 Å². The molecule has 0 aliphatic carbocycles. The highest BCUT2D eigenvalue weighted by Gasteiger charge is 2.09. The summed E-state index contributed by atoms with van der Waals surface area (Å²) in [6.45, 7) is 4.97. The molecule has 0 spiro atoms. The fraction of sp³-hybridized carbons (Fsp3) is 0.727. The van der Waals surface area contributed by atoms with Crippen molar-refractivity contribution in [1.82, 2.24) is 19.8 Å². The number of hydrogen-bond acceptors (Lipinski definition) is 4. The lowest BCUT2D eigenvalue weighted by Gasteiger charge is -2.20. The molecule has 1 aromatic heterocycles. The van der Waals surface area contributed by atoms with Crippen molar-refractivity contribution >= 4 is 0 Å². The highest BCUT2D eigenvalue weighted by atomic mass is 16.3. The van der Waals surface area contributed by atoms with E-state index in [0.717, 1.165) is 18.9 Å². The van der Waals surface area contributed by atoms with Crippen LogP contribution >= 0.6 is 0 Å². The van der Waals surface area contributed by atoms with E-state index in [1.54, 1.807) is 6.20 Å². The number of rotatable bonds is 7. The first-order valence-electron chi connectivity index (χ1n) is 5.67. The summed E-state index contributed by atoms with van der Waals surface area (Å²) in [5, 5.41) is 12.8. The summed E-state index contributed by atoms with van der Waals surface area (Å²) in [6, 6.07) is 0. The number of aromatic nitrogens is 2. The normalized spacial score (nSPS) is 13.3. The number of likely N-dealkylation sites (N-methyl/N-ethyl adjacent to an activating group) is 2. The number of nitrogens with zero attached hydrogens (tertiary/aromatic N) is 3. The Bertz CT molecular complexity index is 300. The second kappa shape index (κ2) is 6.62. The summed E-state index contributed by atoms with van der Waals surface area (Å²) in [5.74, 6) is 1.01. The van der Waals surface area contributed by atoms with Crippen LogP contribution in [0, 0.1) is 0 Å². The predicted molar refractivity (Wildman–Crippen MR) is 64.1 cm³/mol. The molecule has 92 valence electrons. The number of aryl methyl sites for hydroxylation is 1. The fourth-order valence-corrected chi connectivity index (χ4v) is 1.59. The van der Waals surface area contributed by atoms with Crippen LogP contribution in [0.15, 0.2) is 12.4 Å². The van der Waals surface area contributed by atoms with Gasteiger partial charge in [-0.25, -0.2) is 4.98 Å². The first-order chi connectivity index (χ1) is 7.63. The predicted octanol–water partition coefficient (Wildman–Crippen LogP) is -0.178. The fourth-order valence-electron chi connectivity index (χ4n) is 1.59. The molecule has 0 aliphatic heterocycles. The van der Waals surface area contributed by atoms with E-state index >= 15 is 0 Å². The second-order valence-electron chi connectivity index (χ2n) is 4.11. The van der Waals surface area contributed by atoms with Gasteiger partial charge in [0, 0.05) is 32.5 Å². The summed E-state index contributed by atoms with van der Waals surface area (Å²) in [5.41, 5.74) is 0. The maximum atomic E-state index is 9.72. The molecule has 5 heteroatoms. The van der Waals surface area contributed by atoms with Gasteiger partial charge in [0.1, 0.15) is 5.82 Å². The van der Waals surface area contributed by atoms with Gasteiger partial charge in [-0.1, -0.05) is 6.92 Å². The molecule has 16 heavy (non-hydrogen) atoms. The molecule has 2 N–H and O–H groups in total. The van der Waals surface area contributed by atoms with E-state index in [1.807, 2.05) is 31.8 Å². The van der Waals surface area contributed by atoms with Gasteiger partial charge in [0.15, 0.2) is 0 Å². The molecule has 0 fully saturated rings. The van der Waals surface area contributed by atoms with E-state index in [9.17, 15) is 5.11 Å².